The number of sulfonamides is 1. The first-order chi connectivity index (χ1) is 12.0. The van der Waals surface area contributed by atoms with Gasteiger partial charge in [0.05, 0.1) is 35.0 Å². The van der Waals surface area contributed by atoms with E-state index in [1.54, 1.807) is 18.2 Å². The number of ether oxygens (including phenoxy) is 1. The lowest BCUT2D eigenvalue weighted by molar-refractivity contribution is 0.122. The summed E-state index contributed by atoms with van der Waals surface area (Å²) in [5.41, 5.74) is 2.13. The second-order valence-electron chi connectivity index (χ2n) is 5.63. The van der Waals surface area contributed by atoms with Crippen LogP contribution in [0.1, 0.15) is 5.56 Å². The van der Waals surface area contributed by atoms with Crippen LogP contribution >= 0.6 is 11.6 Å². The lowest BCUT2D eigenvalue weighted by Gasteiger charge is -2.29. The van der Waals surface area contributed by atoms with Gasteiger partial charge < -0.3 is 9.64 Å². The van der Waals surface area contributed by atoms with E-state index in [4.69, 9.17) is 16.3 Å². The number of rotatable bonds is 5. The summed E-state index contributed by atoms with van der Waals surface area (Å²) < 4.78 is 32.3. The molecule has 1 saturated heterocycles. The third kappa shape index (κ3) is 4.98. The van der Waals surface area contributed by atoms with Gasteiger partial charge in [0.25, 0.3) is 10.0 Å². The number of anilines is 2. The van der Waals surface area contributed by atoms with Gasteiger partial charge in [0, 0.05) is 13.1 Å². The Morgan fingerprint density at radius 1 is 1.08 bits per heavy atom. The average Bonchev–Trinajstić information content (AvgIpc) is 2.62. The van der Waals surface area contributed by atoms with Crippen LogP contribution in [-0.4, -0.2) is 34.7 Å². The van der Waals surface area contributed by atoms with Gasteiger partial charge in [-0.2, -0.15) is 0 Å². The number of benzene rings is 2. The first-order valence-electron chi connectivity index (χ1n) is 7.92. The molecule has 0 saturated carbocycles. The van der Waals surface area contributed by atoms with E-state index < -0.39 is 10.0 Å². The van der Waals surface area contributed by atoms with Gasteiger partial charge in [0.15, 0.2) is 0 Å². The Labute approximate surface area is 152 Å². The number of nitrogens with one attached hydrogen (secondary N) is 1. The molecule has 5 nitrogen and oxygen atoms in total. The Hall–Kier alpha value is -2.02. The standard InChI is InChI=1S/C18H19ClN2O3S/c19-17-14-16(6-7-18(17)21-9-11-24-12-10-21)20-25(22,23)13-8-15-4-2-1-3-5-15/h1-8,13-14,20H,9-12H2/b13-8+. The molecule has 2 aromatic rings. The maximum absolute atomic E-state index is 12.2. The highest BCUT2D eigenvalue weighted by Gasteiger charge is 2.15. The van der Waals surface area contributed by atoms with Crippen molar-refractivity contribution in [1.29, 1.82) is 0 Å². The van der Waals surface area contributed by atoms with Gasteiger partial charge in [0.1, 0.15) is 0 Å². The first kappa shape index (κ1) is 17.8. The number of hydrogen-bond donors (Lipinski definition) is 1. The minimum Gasteiger partial charge on any atom is -0.378 e. The Morgan fingerprint density at radius 2 is 1.80 bits per heavy atom. The van der Waals surface area contributed by atoms with E-state index in [1.807, 2.05) is 36.4 Å². The topological polar surface area (TPSA) is 58.6 Å². The molecule has 1 heterocycles. The fourth-order valence-electron chi connectivity index (χ4n) is 2.56. The average molecular weight is 379 g/mol. The van der Waals surface area contributed by atoms with Gasteiger partial charge in [-0.15, -0.1) is 0 Å². The molecule has 25 heavy (non-hydrogen) atoms. The van der Waals surface area contributed by atoms with E-state index in [-0.39, 0.29) is 0 Å². The molecule has 0 aliphatic carbocycles. The normalized spacial score (nSPS) is 15.5. The summed E-state index contributed by atoms with van der Waals surface area (Å²) in [4.78, 5) is 2.12. The SMILES string of the molecule is O=S(=O)(/C=C/c1ccccc1)Nc1ccc(N2CCOCC2)c(Cl)c1. The van der Waals surface area contributed by atoms with Crippen molar-refractivity contribution < 1.29 is 13.2 Å². The molecule has 0 radical (unpaired) electrons. The molecule has 1 aliphatic heterocycles. The summed E-state index contributed by atoms with van der Waals surface area (Å²) in [5, 5.41) is 1.65. The minimum absolute atomic E-state index is 0.430. The van der Waals surface area contributed by atoms with E-state index in [0.717, 1.165) is 29.7 Å². The number of halogens is 1. The summed E-state index contributed by atoms with van der Waals surface area (Å²) in [5.74, 6) is 0. The number of nitrogens with zero attached hydrogens (tertiary/aromatic N) is 1. The Morgan fingerprint density at radius 3 is 2.48 bits per heavy atom. The lowest BCUT2D eigenvalue weighted by Crippen LogP contribution is -2.36. The Bertz CT molecular complexity index is 848. The third-order valence-electron chi connectivity index (χ3n) is 3.80. The van der Waals surface area contributed by atoms with E-state index >= 15 is 0 Å². The predicted molar refractivity (Wildman–Crippen MR) is 103 cm³/mol. The molecule has 0 unspecified atom stereocenters. The van der Waals surface area contributed by atoms with Crippen molar-refractivity contribution in [1.82, 2.24) is 0 Å². The molecule has 1 fully saturated rings. The second-order valence-corrected chi connectivity index (χ2v) is 7.60. The minimum atomic E-state index is -3.61. The highest BCUT2D eigenvalue weighted by atomic mass is 35.5. The van der Waals surface area contributed by atoms with Crippen LogP contribution in [-0.2, 0) is 14.8 Å². The molecule has 132 valence electrons. The molecular weight excluding hydrogens is 360 g/mol. The van der Waals surface area contributed by atoms with Crippen LogP contribution in [0.15, 0.2) is 53.9 Å². The van der Waals surface area contributed by atoms with Crippen LogP contribution < -0.4 is 9.62 Å². The quantitative estimate of drug-likeness (QED) is 0.863. The summed E-state index contributed by atoms with van der Waals surface area (Å²) in [7, 11) is -3.61. The number of morpholine rings is 1. The number of hydrogen-bond acceptors (Lipinski definition) is 4. The fraction of sp³-hybridized carbons (Fsp3) is 0.222. The predicted octanol–water partition coefficient (Wildman–Crippen LogP) is 3.59. The van der Waals surface area contributed by atoms with Crippen molar-refractivity contribution in [3.8, 4) is 0 Å². The van der Waals surface area contributed by atoms with E-state index in [1.165, 1.54) is 0 Å². The Balaban J connectivity index is 1.71. The van der Waals surface area contributed by atoms with Crippen LogP contribution in [0.3, 0.4) is 0 Å². The Kier molecular flexibility index (Phi) is 5.63. The zero-order valence-corrected chi connectivity index (χ0v) is 15.1. The van der Waals surface area contributed by atoms with Crippen molar-refractivity contribution in [3.05, 3.63) is 64.5 Å². The molecular formula is C18H19ClN2O3S. The molecule has 0 aromatic heterocycles. The molecule has 7 heteroatoms. The molecule has 1 aliphatic rings. The van der Waals surface area contributed by atoms with E-state index in [9.17, 15) is 8.42 Å². The lowest BCUT2D eigenvalue weighted by atomic mass is 10.2. The third-order valence-corrected chi connectivity index (χ3v) is 5.12. The largest absolute Gasteiger partial charge is 0.378 e. The van der Waals surface area contributed by atoms with Gasteiger partial charge >= 0.3 is 0 Å². The van der Waals surface area contributed by atoms with E-state index in [2.05, 4.69) is 9.62 Å². The summed E-state index contributed by atoms with van der Waals surface area (Å²) >= 11 is 6.33. The maximum Gasteiger partial charge on any atom is 0.255 e. The molecule has 3 rings (SSSR count). The van der Waals surface area contributed by atoms with Gasteiger partial charge in [0.2, 0.25) is 0 Å². The molecule has 1 N–H and O–H groups in total. The van der Waals surface area contributed by atoms with Gasteiger partial charge in [-0.1, -0.05) is 41.9 Å². The highest BCUT2D eigenvalue weighted by Crippen LogP contribution is 2.29. The van der Waals surface area contributed by atoms with Crippen LogP contribution in [0.4, 0.5) is 11.4 Å². The smallest absolute Gasteiger partial charge is 0.255 e. The van der Waals surface area contributed by atoms with Crippen LogP contribution in [0, 0.1) is 0 Å². The first-order valence-corrected chi connectivity index (χ1v) is 9.84. The van der Waals surface area contributed by atoms with Crippen molar-refractivity contribution in [2.24, 2.45) is 0 Å². The van der Waals surface area contributed by atoms with Crippen molar-refractivity contribution >= 4 is 39.1 Å². The highest BCUT2D eigenvalue weighted by molar-refractivity contribution is 7.95. The van der Waals surface area contributed by atoms with Crippen molar-refractivity contribution in [2.45, 2.75) is 0 Å². The zero-order chi connectivity index (χ0) is 17.7. The van der Waals surface area contributed by atoms with Gasteiger partial charge in [-0.05, 0) is 29.8 Å². The van der Waals surface area contributed by atoms with Crippen LogP contribution in [0.2, 0.25) is 5.02 Å². The zero-order valence-electron chi connectivity index (χ0n) is 13.6. The molecule has 0 atom stereocenters. The van der Waals surface area contributed by atoms with Gasteiger partial charge in [-0.25, -0.2) is 8.42 Å². The molecule has 0 amide bonds. The maximum atomic E-state index is 12.2. The molecule has 2 aromatic carbocycles. The van der Waals surface area contributed by atoms with Crippen LogP contribution in [0.25, 0.3) is 6.08 Å². The van der Waals surface area contributed by atoms with Crippen molar-refractivity contribution in [3.63, 3.8) is 0 Å². The van der Waals surface area contributed by atoms with Crippen molar-refractivity contribution in [2.75, 3.05) is 35.9 Å². The monoisotopic (exact) mass is 378 g/mol. The van der Waals surface area contributed by atoms with Gasteiger partial charge in [-0.3, -0.25) is 4.72 Å². The fourth-order valence-corrected chi connectivity index (χ4v) is 3.72. The second kappa shape index (κ2) is 7.91. The summed E-state index contributed by atoms with van der Waals surface area (Å²) in [6.45, 7) is 2.86. The van der Waals surface area contributed by atoms with E-state index in [0.29, 0.717) is 23.9 Å². The van der Waals surface area contributed by atoms with Crippen LogP contribution in [0.5, 0.6) is 0 Å². The molecule has 0 bridgehead atoms. The molecule has 0 spiro atoms. The summed E-state index contributed by atoms with van der Waals surface area (Å²) in [6.07, 6.45) is 1.55. The summed E-state index contributed by atoms with van der Waals surface area (Å²) in [6, 6.07) is 14.4.